The van der Waals surface area contributed by atoms with Crippen molar-refractivity contribution in [3.63, 3.8) is 0 Å². The first-order chi connectivity index (χ1) is 19.2. The van der Waals surface area contributed by atoms with Crippen LogP contribution in [0.15, 0.2) is 139 Å². The normalized spacial score (nSPS) is 12.7. The lowest BCUT2D eigenvalue weighted by Gasteiger charge is -2.06. The summed E-state index contributed by atoms with van der Waals surface area (Å²) in [5.74, 6) is 1.90. The highest BCUT2D eigenvalue weighted by Gasteiger charge is 2.15. The zero-order chi connectivity index (χ0) is 26.0. The summed E-state index contributed by atoms with van der Waals surface area (Å²) in [6.07, 6.45) is 17.2. The Balaban J connectivity index is 1.25. The summed E-state index contributed by atoms with van der Waals surface area (Å²) in [7, 11) is 0. The van der Waals surface area contributed by atoms with Gasteiger partial charge in [-0.25, -0.2) is 9.13 Å². The summed E-state index contributed by atoms with van der Waals surface area (Å²) in [5.41, 5.74) is 7.46. The first-order valence-corrected chi connectivity index (χ1v) is 13.4. The molecule has 0 amide bonds. The molecule has 5 heteroatoms. The average Bonchev–Trinajstić information content (AvgIpc) is 3.42. The fourth-order valence-corrected chi connectivity index (χ4v) is 5.23. The Morgan fingerprint density at radius 2 is 0.667 bits per heavy atom. The van der Waals surface area contributed by atoms with Crippen LogP contribution in [0.2, 0.25) is 0 Å². The van der Waals surface area contributed by atoms with Crippen molar-refractivity contribution in [1.29, 1.82) is 0 Å². The van der Waals surface area contributed by atoms with Gasteiger partial charge in [-0.15, -0.1) is 0 Å². The molecule has 5 nitrogen and oxygen atoms in total. The van der Waals surface area contributed by atoms with Crippen LogP contribution in [0.1, 0.15) is 22.6 Å². The Kier molecular flexibility index (Phi) is 6.02. The molecule has 0 saturated carbocycles. The molecule has 12 heterocycles. The maximum atomic E-state index is 6.16. The number of hydrogen-bond donors (Lipinski definition) is 0. The summed E-state index contributed by atoms with van der Waals surface area (Å²) < 4.78 is 15.0. The van der Waals surface area contributed by atoms with Crippen LogP contribution in [0.4, 0.5) is 0 Å². The van der Waals surface area contributed by atoms with Gasteiger partial charge in [0.2, 0.25) is 13.1 Å². The number of benzene rings is 1. The fourth-order valence-electron chi connectivity index (χ4n) is 5.23. The molecule has 10 bridgehead atoms. The van der Waals surface area contributed by atoms with E-state index < -0.39 is 0 Å². The van der Waals surface area contributed by atoms with E-state index in [0.29, 0.717) is 13.1 Å². The zero-order valence-electron chi connectivity index (χ0n) is 21.7. The van der Waals surface area contributed by atoms with Crippen molar-refractivity contribution in [2.75, 3.05) is 0 Å². The molecule has 188 valence electrons. The molecule has 5 aromatic heterocycles. The Bertz CT molecular complexity index is 1590. The van der Waals surface area contributed by atoms with Crippen molar-refractivity contribution in [1.82, 2.24) is 0 Å². The van der Waals surface area contributed by atoms with Crippen LogP contribution in [0.3, 0.4) is 0 Å². The summed E-state index contributed by atoms with van der Waals surface area (Å²) >= 11 is 0. The molecule has 0 N–H and O–H groups in total. The Morgan fingerprint density at radius 3 is 1.00 bits per heavy atom. The third-order valence-electron chi connectivity index (χ3n) is 7.45. The van der Waals surface area contributed by atoms with Crippen LogP contribution in [-0.2, 0) is 26.2 Å². The highest BCUT2D eigenvalue weighted by molar-refractivity contribution is 5.61. The molecule has 6 aromatic rings. The van der Waals surface area contributed by atoms with E-state index in [2.05, 4.69) is 153 Å². The van der Waals surface area contributed by atoms with Gasteiger partial charge in [0.05, 0.1) is 0 Å². The largest absolute Gasteiger partial charge is 0.453 e. The van der Waals surface area contributed by atoms with Gasteiger partial charge in [0.15, 0.2) is 74.2 Å². The van der Waals surface area contributed by atoms with Crippen LogP contribution in [0, 0.1) is 0 Å². The molecule has 0 unspecified atom stereocenters. The number of aromatic nitrogens is 4. The molecular formula is C34H30N4O+4. The molecule has 0 aliphatic carbocycles. The zero-order valence-corrected chi connectivity index (χ0v) is 21.7. The Labute approximate surface area is 228 Å². The first-order valence-electron chi connectivity index (χ1n) is 13.4. The summed E-state index contributed by atoms with van der Waals surface area (Å²) in [4.78, 5) is 0. The molecule has 1 aromatic carbocycles. The van der Waals surface area contributed by atoms with E-state index in [-0.39, 0.29) is 0 Å². The Hall–Kier alpha value is -4.90. The van der Waals surface area contributed by atoms with E-state index in [1.807, 2.05) is 0 Å². The molecule has 0 atom stereocenters. The third-order valence-corrected chi connectivity index (χ3v) is 7.45. The van der Waals surface area contributed by atoms with Crippen molar-refractivity contribution in [3.8, 4) is 22.3 Å². The summed E-state index contributed by atoms with van der Waals surface area (Å²) in [5, 5.41) is 0. The van der Waals surface area contributed by atoms with E-state index >= 15 is 0 Å². The molecule has 0 radical (unpaired) electrons. The van der Waals surface area contributed by atoms with E-state index in [9.17, 15) is 0 Å². The van der Waals surface area contributed by atoms with Gasteiger partial charge in [-0.05, 0) is 34.4 Å². The smallest absolute Gasteiger partial charge is 0.205 e. The maximum Gasteiger partial charge on any atom is 0.205 e. The monoisotopic (exact) mass is 510 g/mol. The van der Waals surface area contributed by atoms with Gasteiger partial charge in [-0.1, -0.05) is 24.3 Å². The number of nitrogens with zero attached hydrogens (tertiary/aromatic N) is 4. The van der Waals surface area contributed by atoms with E-state index in [0.717, 1.165) is 24.6 Å². The Morgan fingerprint density at radius 1 is 0.359 bits per heavy atom. The molecular weight excluding hydrogens is 480 g/mol. The third kappa shape index (κ3) is 5.12. The van der Waals surface area contributed by atoms with Crippen molar-refractivity contribution < 1.29 is 22.7 Å². The lowest BCUT2D eigenvalue weighted by atomic mass is 10.1. The highest BCUT2D eigenvalue weighted by atomic mass is 16.3. The van der Waals surface area contributed by atoms with Crippen LogP contribution < -0.4 is 18.3 Å². The van der Waals surface area contributed by atoms with Crippen LogP contribution in [0.5, 0.6) is 0 Å². The topological polar surface area (TPSA) is 28.7 Å². The number of pyridine rings is 4. The minimum absolute atomic E-state index is 0.700. The molecule has 0 fully saturated rings. The lowest BCUT2D eigenvalue weighted by molar-refractivity contribution is -0.693. The second kappa shape index (κ2) is 10.1. The predicted molar refractivity (Wildman–Crippen MR) is 146 cm³/mol. The van der Waals surface area contributed by atoms with Crippen LogP contribution in [-0.4, -0.2) is 0 Å². The second-order valence-corrected chi connectivity index (χ2v) is 10.2. The van der Waals surface area contributed by atoms with Gasteiger partial charge in [-0.2, -0.15) is 9.13 Å². The maximum absolute atomic E-state index is 6.16. The minimum Gasteiger partial charge on any atom is -0.453 e. The van der Waals surface area contributed by atoms with E-state index in [1.54, 1.807) is 0 Å². The molecule has 39 heavy (non-hydrogen) atoms. The van der Waals surface area contributed by atoms with Gasteiger partial charge < -0.3 is 4.42 Å². The first kappa shape index (κ1) is 23.2. The summed E-state index contributed by atoms with van der Waals surface area (Å²) in [6, 6.07) is 30.3. The van der Waals surface area contributed by atoms with Crippen molar-refractivity contribution >= 4 is 0 Å². The highest BCUT2D eigenvalue weighted by Crippen LogP contribution is 2.18. The minimum atomic E-state index is 0.700. The van der Waals surface area contributed by atoms with Gasteiger partial charge >= 0.3 is 0 Å². The quantitative estimate of drug-likeness (QED) is 0.280. The van der Waals surface area contributed by atoms with Crippen LogP contribution in [0.25, 0.3) is 22.3 Å². The molecule has 0 spiro atoms. The van der Waals surface area contributed by atoms with Crippen molar-refractivity contribution in [2.45, 2.75) is 26.2 Å². The van der Waals surface area contributed by atoms with E-state index in [4.69, 9.17) is 4.42 Å². The standard InChI is InChI=1S/C34H30N4O/c1-2-4-32-24-36-17-9-28(10-18-36)30-13-21-38(22-14-30)26-34-6-5-33(39-34)25-37-19-11-29(12-20-37)27-7-15-35(16-8-27)23-31(32)3-1/h1-22H,23-26H2/q+4. The number of hydrogen-bond acceptors (Lipinski definition) is 1. The van der Waals surface area contributed by atoms with Gasteiger partial charge in [0.25, 0.3) is 0 Å². The predicted octanol–water partition coefficient (Wildman–Crippen LogP) is 4.27. The van der Waals surface area contributed by atoms with Gasteiger partial charge in [0.1, 0.15) is 0 Å². The average molecular weight is 511 g/mol. The van der Waals surface area contributed by atoms with Crippen LogP contribution >= 0.6 is 0 Å². The van der Waals surface area contributed by atoms with E-state index in [1.165, 1.54) is 33.4 Å². The summed E-state index contributed by atoms with van der Waals surface area (Å²) in [6.45, 7) is 3.07. The fraction of sp³-hybridized carbons (Fsp3) is 0.118. The lowest BCUT2D eigenvalue weighted by Crippen LogP contribution is -2.36. The van der Waals surface area contributed by atoms with Crippen molar-refractivity contribution in [3.05, 3.63) is 157 Å². The number of furan rings is 1. The van der Waals surface area contributed by atoms with Gasteiger partial charge in [-0.3, -0.25) is 0 Å². The number of rotatable bonds is 0. The van der Waals surface area contributed by atoms with Gasteiger partial charge in [0, 0.05) is 59.7 Å². The molecule has 13 rings (SSSR count). The molecule has 0 saturated heterocycles. The SMILES string of the molecule is c1ccc2c(c1)C[n+]1ccc(cc1)-c1cc[n+](cc1)Cc1ccc(o1)C[n+]1ccc(cc1)-c1cc[n+](cc1)C2. The molecule has 7 aliphatic rings. The molecule has 7 aliphatic heterocycles. The van der Waals surface area contributed by atoms with Crippen molar-refractivity contribution in [2.24, 2.45) is 0 Å². The second-order valence-electron chi connectivity index (χ2n) is 10.2.